The first kappa shape index (κ1) is 30.0. The molecule has 0 saturated carbocycles. The molecule has 7 nitrogen and oxygen atoms in total. The average molecular weight is 612 g/mol. The lowest BCUT2D eigenvalue weighted by Crippen LogP contribution is -2.49. The van der Waals surface area contributed by atoms with Gasteiger partial charge >= 0.3 is 0 Å². The number of halogens is 3. The summed E-state index contributed by atoms with van der Waals surface area (Å²) in [5.41, 5.74) is 0.558. The van der Waals surface area contributed by atoms with Gasteiger partial charge in [0, 0.05) is 43.0 Å². The van der Waals surface area contributed by atoms with Gasteiger partial charge < -0.3 is 15.5 Å². The van der Waals surface area contributed by atoms with E-state index in [0.717, 1.165) is 0 Å². The molecule has 2 N–H and O–H groups in total. The number of carbonyl (C=O) groups excluding carboxylic acids is 3. The van der Waals surface area contributed by atoms with Crippen molar-refractivity contribution in [3.63, 3.8) is 0 Å². The zero-order valence-corrected chi connectivity index (χ0v) is 25.6. The van der Waals surface area contributed by atoms with Gasteiger partial charge in [-0.25, -0.2) is 8.81 Å². The minimum absolute atomic E-state index is 0.116. The van der Waals surface area contributed by atoms with Gasteiger partial charge in [-0.3, -0.25) is 14.4 Å². The van der Waals surface area contributed by atoms with Crippen LogP contribution >= 0.6 is 23.4 Å². The molecule has 0 aromatic heterocycles. The highest BCUT2D eigenvalue weighted by Gasteiger charge is 2.69. The fraction of sp³-hybridized carbons (Fsp3) is 0.344. The van der Waals surface area contributed by atoms with Crippen molar-refractivity contribution in [3.8, 4) is 0 Å². The Kier molecular flexibility index (Phi) is 7.85. The molecule has 0 unspecified atom stereocenters. The van der Waals surface area contributed by atoms with Crippen molar-refractivity contribution >= 4 is 52.5 Å². The highest BCUT2D eigenvalue weighted by Crippen LogP contribution is 2.60. The monoisotopic (exact) mass is 610 g/mol. The lowest BCUT2D eigenvalue weighted by Gasteiger charge is -2.38. The van der Waals surface area contributed by atoms with Crippen LogP contribution in [0.1, 0.15) is 54.6 Å². The van der Waals surface area contributed by atoms with E-state index in [1.54, 1.807) is 56.6 Å². The van der Waals surface area contributed by atoms with Gasteiger partial charge in [-0.05, 0) is 71.1 Å². The van der Waals surface area contributed by atoms with Gasteiger partial charge in [0.2, 0.25) is 11.8 Å². The van der Waals surface area contributed by atoms with Gasteiger partial charge in [-0.1, -0.05) is 62.7 Å². The summed E-state index contributed by atoms with van der Waals surface area (Å²) in [6, 6.07) is 16.5. The molecule has 220 valence electrons. The van der Waals surface area contributed by atoms with Crippen molar-refractivity contribution in [1.82, 2.24) is 9.32 Å². The summed E-state index contributed by atoms with van der Waals surface area (Å²) in [7, 11) is 3.31. The Bertz CT molecular complexity index is 1560. The van der Waals surface area contributed by atoms with Crippen LogP contribution in [0.15, 0.2) is 66.7 Å². The first-order chi connectivity index (χ1) is 19.8. The summed E-state index contributed by atoms with van der Waals surface area (Å²) in [5.74, 6) is -2.78. The summed E-state index contributed by atoms with van der Waals surface area (Å²) in [5, 5.41) is 5.77. The maximum atomic E-state index is 15.9. The molecule has 3 aromatic carbocycles. The van der Waals surface area contributed by atoms with Crippen LogP contribution in [0.25, 0.3) is 0 Å². The number of fused-ring (bicyclic) bond motifs is 2. The van der Waals surface area contributed by atoms with Gasteiger partial charge in [0.05, 0.1) is 5.02 Å². The lowest BCUT2D eigenvalue weighted by atomic mass is 9.62. The van der Waals surface area contributed by atoms with Gasteiger partial charge in [0.1, 0.15) is 17.3 Å². The van der Waals surface area contributed by atoms with Crippen LogP contribution < -0.4 is 10.6 Å². The van der Waals surface area contributed by atoms with E-state index in [9.17, 15) is 14.4 Å². The second-order valence-electron chi connectivity index (χ2n) is 12.3. The molecule has 5 rings (SSSR count). The molecule has 0 bridgehead atoms. The number of nitrogens with zero attached hydrogens (tertiary/aromatic N) is 2. The topological polar surface area (TPSA) is 81.8 Å². The van der Waals surface area contributed by atoms with E-state index in [0.29, 0.717) is 28.9 Å². The molecule has 1 spiro atoms. The number of benzene rings is 3. The van der Waals surface area contributed by atoms with Gasteiger partial charge in [-0.15, -0.1) is 0 Å². The van der Waals surface area contributed by atoms with Crippen LogP contribution in [0.4, 0.5) is 15.8 Å². The largest absolute Gasteiger partial charge is 0.345 e. The van der Waals surface area contributed by atoms with E-state index in [2.05, 4.69) is 10.6 Å². The van der Waals surface area contributed by atoms with Crippen LogP contribution in [-0.4, -0.2) is 53.2 Å². The fourth-order valence-corrected chi connectivity index (χ4v) is 6.97. The number of nitrogens with one attached hydrogen (secondary N) is 2. The predicted octanol–water partition coefficient (Wildman–Crippen LogP) is 6.44. The number of hydrogen-bond acceptors (Lipinski definition) is 4. The van der Waals surface area contributed by atoms with Crippen molar-refractivity contribution in [2.75, 3.05) is 24.7 Å². The normalized spacial score (nSPS) is 23.5. The molecule has 3 amide bonds. The Morgan fingerprint density at radius 2 is 1.71 bits per heavy atom. The minimum atomic E-state index is -1.40. The SMILES string of the molecule is CN(C)C(=O)c1ccc(NC(=O)[C@@H]2[C@@H](c3cccc(Cl)c3F)[C@@]3(C(=O)Nc4ccccc43)[C@@H](CC(C)(C)C)N2Cl)cc1. The number of para-hydroxylation sites is 1. The van der Waals surface area contributed by atoms with E-state index in [4.69, 9.17) is 23.4 Å². The molecular weight excluding hydrogens is 578 g/mol. The third-order valence-electron chi connectivity index (χ3n) is 8.09. The molecule has 2 heterocycles. The molecule has 10 heteroatoms. The average Bonchev–Trinajstić information content (AvgIpc) is 3.36. The maximum absolute atomic E-state index is 15.9. The predicted molar refractivity (Wildman–Crippen MR) is 163 cm³/mol. The second-order valence-corrected chi connectivity index (χ2v) is 13.1. The first-order valence-electron chi connectivity index (χ1n) is 13.7. The Morgan fingerprint density at radius 3 is 2.36 bits per heavy atom. The molecule has 1 fully saturated rings. The molecule has 3 aromatic rings. The highest BCUT2D eigenvalue weighted by molar-refractivity contribution is 6.30. The third-order valence-corrected chi connectivity index (χ3v) is 8.83. The molecule has 2 aliphatic heterocycles. The van der Waals surface area contributed by atoms with E-state index in [1.807, 2.05) is 39.0 Å². The molecule has 1 saturated heterocycles. The maximum Gasteiger partial charge on any atom is 0.253 e. The smallest absolute Gasteiger partial charge is 0.253 e. The number of hydrogen-bond donors (Lipinski definition) is 2. The Hall–Kier alpha value is -3.46. The molecule has 0 radical (unpaired) electrons. The van der Waals surface area contributed by atoms with Crippen LogP contribution in [0.5, 0.6) is 0 Å². The highest BCUT2D eigenvalue weighted by atomic mass is 35.5. The quantitative estimate of drug-likeness (QED) is 0.326. The fourth-order valence-electron chi connectivity index (χ4n) is 6.37. The summed E-state index contributed by atoms with van der Waals surface area (Å²) in [6.45, 7) is 6.09. The number of anilines is 2. The zero-order chi connectivity index (χ0) is 30.6. The van der Waals surface area contributed by atoms with E-state index < -0.39 is 35.1 Å². The molecule has 4 atom stereocenters. The number of carbonyl (C=O) groups is 3. The van der Waals surface area contributed by atoms with Crippen molar-refractivity contribution in [3.05, 3.63) is 94.3 Å². The van der Waals surface area contributed by atoms with E-state index in [-0.39, 0.29) is 27.8 Å². The van der Waals surface area contributed by atoms with Crippen molar-refractivity contribution in [2.24, 2.45) is 5.41 Å². The van der Waals surface area contributed by atoms with Crippen molar-refractivity contribution in [1.29, 1.82) is 0 Å². The van der Waals surface area contributed by atoms with Crippen LogP contribution in [0.2, 0.25) is 5.02 Å². The Labute approximate surface area is 255 Å². The van der Waals surface area contributed by atoms with Crippen LogP contribution in [-0.2, 0) is 15.0 Å². The van der Waals surface area contributed by atoms with Crippen molar-refractivity contribution in [2.45, 2.75) is 50.6 Å². The van der Waals surface area contributed by atoms with Gasteiger partial charge in [-0.2, -0.15) is 0 Å². The van der Waals surface area contributed by atoms with E-state index >= 15 is 4.39 Å². The Morgan fingerprint density at radius 1 is 1.05 bits per heavy atom. The summed E-state index contributed by atoms with van der Waals surface area (Å²) in [6.07, 6.45) is 0.433. The van der Waals surface area contributed by atoms with Crippen molar-refractivity contribution < 1.29 is 18.8 Å². The van der Waals surface area contributed by atoms with Gasteiger partial charge in [0.25, 0.3) is 5.91 Å². The molecule has 0 aliphatic carbocycles. The standard InChI is InChI=1S/C32H33Cl2FN4O3/c1-31(2,3)17-24-32(21-10-6-7-12-23(21)37-30(32)42)25(20-9-8-11-22(33)26(20)35)27(39(24)34)28(40)36-19-15-13-18(14-16-19)29(41)38(4)5/h6-16,24-25,27H,17H2,1-5H3,(H,36,40)(H,37,42)/t24-,25-,27+,32+/m1/s1. The summed E-state index contributed by atoms with van der Waals surface area (Å²) < 4.78 is 17.3. The lowest BCUT2D eigenvalue weighted by molar-refractivity contribution is -0.122. The Balaban J connectivity index is 1.67. The molecule has 42 heavy (non-hydrogen) atoms. The summed E-state index contributed by atoms with van der Waals surface area (Å²) in [4.78, 5) is 42.2. The minimum Gasteiger partial charge on any atom is -0.345 e. The van der Waals surface area contributed by atoms with Crippen LogP contribution in [0.3, 0.4) is 0 Å². The van der Waals surface area contributed by atoms with Crippen LogP contribution in [0, 0.1) is 11.2 Å². The number of rotatable bonds is 5. The third kappa shape index (κ3) is 4.95. The van der Waals surface area contributed by atoms with Gasteiger partial charge in [0.15, 0.2) is 0 Å². The zero-order valence-electron chi connectivity index (χ0n) is 24.0. The van der Waals surface area contributed by atoms with E-state index in [1.165, 1.54) is 15.4 Å². The second kappa shape index (κ2) is 11.0. The number of amides is 3. The molecular formula is C32H33Cl2FN4O3. The molecule has 2 aliphatic rings. The first-order valence-corrected chi connectivity index (χ1v) is 14.4. The summed E-state index contributed by atoms with van der Waals surface area (Å²) >= 11 is 13.4.